The number of fused-ring (bicyclic) bond motifs is 3. The molecule has 142 valence electrons. The molecule has 27 heavy (non-hydrogen) atoms. The van der Waals surface area contributed by atoms with E-state index in [0.29, 0.717) is 25.2 Å². The lowest BCUT2D eigenvalue weighted by Crippen LogP contribution is -2.21. The zero-order valence-electron chi connectivity index (χ0n) is 15.8. The number of phenolic OH excluding ortho intramolecular Hbond substituents is 2. The number of aromatic hydroxyl groups is 2. The third-order valence-electron chi connectivity index (χ3n) is 5.54. The number of hydrogen-bond donors (Lipinski definition) is 2. The smallest absolute Gasteiger partial charge is 0.133 e. The number of phenols is 2. The third-order valence-corrected chi connectivity index (χ3v) is 5.54. The molecule has 2 aromatic carbocycles. The molecule has 2 aromatic rings. The zero-order chi connectivity index (χ0) is 19.3. The minimum atomic E-state index is -0.0804. The standard InChI is InChI=1S/C22H24O5/c1-11(2)18-9-17-21(27-18)12(3)20(24)16-7-13(10-26-22(16)17)15-6-5-14(23)8-19(15)25-4/h5-6,8,13,18,23-24H,1,7,9-10H2,2-4H3/t13-,18?/m1/s1. The number of benzene rings is 2. The average Bonchev–Trinajstić information content (AvgIpc) is 3.11. The van der Waals surface area contributed by atoms with Crippen molar-refractivity contribution in [2.45, 2.75) is 38.7 Å². The molecule has 5 nitrogen and oxygen atoms in total. The Labute approximate surface area is 158 Å². The van der Waals surface area contributed by atoms with Gasteiger partial charge in [0.05, 0.1) is 13.7 Å². The van der Waals surface area contributed by atoms with Crippen LogP contribution in [0.25, 0.3) is 0 Å². The summed E-state index contributed by atoms with van der Waals surface area (Å²) in [6.45, 7) is 8.30. The zero-order valence-corrected chi connectivity index (χ0v) is 15.8. The third kappa shape index (κ3) is 2.78. The first-order valence-electron chi connectivity index (χ1n) is 9.09. The monoisotopic (exact) mass is 368 g/mol. The van der Waals surface area contributed by atoms with Gasteiger partial charge in [-0.1, -0.05) is 12.6 Å². The van der Waals surface area contributed by atoms with Gasteiger partial charge in [0.1, 0.15) is 34.9 Å². The molecule has 0 saturated heterocycles. The second-order valence-corrected chi connectivity index (χ2v) is 7.38. The van der Waals surface area contributed by atoms with E-state index in [4.69, 9.17) is 14.2 Å². The topological polar surface area (TPSA) is 68.2 Å². The predicted octanol–water partition coefficient (Wildman–Crippen LogP) is 4.01. The van der Waals surface area contributed by atoms with Gasteiger partial charge in [-0.3, -0.25) is 0 Å². The molecular formula is C22H24O5. The van der Waals surface area contributed by atoms with Crippen molar-refractivity contribution in [2.24, 2.45) is 0 Å². The summed E-state index contributed by atoms with van der Waals surface area (Å²) in [6.07, 6.45) is 1.26. The lowest BCUT2D eigenvalue weighted by molar-refractivity contribution is 0.252. The van der Waals surface area contributed by atoms with E-state index in [1.807, 2.05) is 19.9 Å². The molecule has 2 aliphatic heterocycles. The Morgan fingerprint density at radius 2 is 1.96 bits per heavy atom. The summed E-state index contributed by atoms with van der Waals surface area (Å²) in [6, 6.07) is 5.10. The second-order valence-electron chi connectivity index (χ2n) is 7.38. The van der Waals surface area contributed by atoms with Crippen molar-refractivity contribution in [2.75, 3.05) is 13.7 Å². The Morgan fingerprint density at radius 1 is 1.19 bits per heavy atom. The van der Waals surface area contributed by atoms with Crippen LogP contribution in [0, 0.1) is 6.92 Å². The van der Waals surface area contributed by atoms with Gasteiger partial charge in [-0.25, -0.2) is 0 Å². The van der Waals surface area contributed by atoms with Crippen LogP contribution in [0.1, 0.15) is 35.1 Å². The summed E-state index contributed by atoms with van der Waals surface area (Å²) in [5, 5.41) is 20.5. The molecule has 0 aromatic heterocycles. The molecule has 0 aliphatic carbocycles. The maximum Gasteiger partial charge on any atom is 0.133 e. The fourth-order valence-electron chi connectivity index (χ4n) is 4.03. The van der Waals surface area contributed by atoms with Crippen LogP contribution < -0.4 is 14.2 Å². The van der Waals surface area contributed by atoms with Crippen molar-refractivity contribution in [3.8, 4) is 28.7 Å². The quantitative estimate of drug-likeness (QED) is 0.801. The molecule has 2 aliphatic rings. The Bertz CT molecular complexity index is 931. The SMILES string of the molecule is C=C(C)C1Cc2c(c(C)c(O)c3c2OC[C@H](c2ccc(O)cc2OC)C3)O1. The molecule has 0 radical (unpaired) electrons. The van der Waals surface area contributed by atoms with Gasteiger partial charge in [0, 0.05) is 40.7 Å². The lowest BCUT2D eigenvalue weighted by Gasteiger charge is -2.29. The van der Waals surface area contributed by atoms with Gasteiger partial charge in [0.2, 0.25) is 0 Å². The minimum Gasteiger partial charge on any atom is -0.508 e. The summed E-state index contributed by atoms with van der Waals surface area (Å²) < 4.78 is 17.6. The van der Waals surface area contributed by atoms with Crippen LogP contribution >= 0.6 is 0 Å². The summed E-state index contributed by atoms with van der Waals surface area (Å²) in [7, 11) is 1.58. The van der Waals surface area contributed by atoms with Gasteiger partial charge in [-0.05, 0) is 31.9 Å². The van der Waals surface area contributed by atoms with Gasteiger partial charge in [0.25, 0.3) is 0 Å². The Balaban J connectivity index is 1.74. The largest absolute Gasteiger partial charge is 0.508 e. The van der Waals surface area contributed by atoms with E-state index in [9.17, 15) is 10.2 Å². The molecule has 0 fully saturated rings. The number of ether oxygens (including phenoxy) is 3. The summed E-state index contributed by atoms with van der Waals surface area (Å²) in [4.78, 5) is 0. The molecule has 0 bridgehead atoms. The molecule has 5 heteroatoms. The first kappa shape index (κ1) is 17.6. The Hall–Kier alpha value is -2.82. The Kier molecular flexibility index (Phi) is 4.17. The van der Waals surface area contributed by atoms with Crippen LogP contribution in [0.15, 0.2) is 30.4 Å². The van der Waals surface area contributed by atoms with E-state index in [0.717, 1.165) is 39.3 Å². The maximum atomic E-state index is 10.8. The van der Waals surface area contributed by atoms with E-state index in [2.05, 4.69) is 6.58 Å². The molecule has 0 spiro atoms. The maximum absolute atomic E-state index is 10.8. The fourth-order valence-corrected chi connectivity index (χ4v) is 4.03. The highest BCUT2D eigenvalue weighted by Gasteiger charge is 2.36. The summed E-state index contributed by atoms with van der Waals surface area (Å²) in [5.74, 6) is 2.50. The van der Waals surface area contributed by atoms with Crippen LogP contribution in [0.4, 0.5) is 0 Å². The minimum absolute atomic E-state index is 0.0238. The summed E-state index contributed by atoms with van der Waals surface area (Å²) >= 11 is 0. The first-order valence-corrected chi connectivity index (χ1v) is 9.09. The molecule has 1 unspecified atom stereocenters. The van der Waals surface area contributed by atoms with Crippen molar-refractivity contribution >= 4 is 0 Å². The van der Waals surface area contributed by atoms with E-state index < -0.39 is 0 Å². The molecule has 4 rings (SSSR count). The van der Waals surface area contributed by atoms with Crippen molar-refractivity contribution in [3.63, 3.8) is 0 Å². The highest BCUT2D eigenvalue weighted by atomic mass is 16.5. The van der Waals surface area contributed by atoms with Gasteiger partial charge in [-0.2, -0.15) is 0 Å². The van der Waals surface area contributed by atoms with Crippen molar-refractivity contribution in [1.82, 2.24) is 0 Å². The molecule has 0 saturated carbocycles. The highest BCUT2D eigenvalue weighted by molar-refractivity contribution is 5.65. The van der Waals surface area contributed by atoms with Crippen molar-refractivity contribution < 1.29 is 24.4 Å². The van der Waals surface area contributed by atoms with Crippen LogP contribution in [0.2, 0.25) is 0 Å². The van der Waals surface area contributed by atoms with Gasteiger partial charge >= 0.3 is 0 Å². The van der Waals surface area contributed by atoms with Crippen LogP contribution in [0.5, 0.6) is 28.7 Å². The van der Waals surface area contributed by atoms with E-state index in [-0.39, 0.29) is 23.5 Å². The lowest BCUT2D eigenvalue weighted by atomic mass is 9.86. The number of hydrogen-bond acceptors (Lipinski definition) is 5. The molecule has 2 heterocycles. The Morgan fingerprint density at radius 3 is 2.67 bits per heavy atom. The first-order chi connectivity index (χ1) is 12.9. The summed E-state index contributed by atoms with van der Waals surface area (Å²) in [5.41, 5.74) is 4.48. The number of methoxy groups -OCH3 is 1. The highest BCUT2D eigenvalue weighted by Crippen LogP contribution is 2.51. The number of rotatable bonds is 3. The molecule has 0 amide bonds. The second kappa shape index (κ2) is 6.41. The molecule has 2 atom stereocenters. The van der Waals surface area contributed by atoms with Crippen LogP contribution in [-0.2, 0) is 12.8 Å². The van der Waals surface area contributed by atoms with Crippen molar-refractivity contribution in [1.29, 1.82) is 0 Å². The van der Waals surface area contributed by atoms with Gasteiger partial charge < -0.3 is 24.4 Å². The van der Waals surface area contributed by atoms with E-state index in [1.165, 1.54) is 0 Å². The van der Waals surface area contributed by atoms with E-state index in [1.54, 1.807) is 19.2 Å². The fraction of sp³-hybridized carbons (Fsp3) is 0.364. The molecular weight excluding hydrogens is 344 g/mol. The normalized spacial score (nSPS) is 20.3. The van der Waals surface area contributed by atoms with Crippen molar-refractivity contribution in [3.05, 3.63) is 52.6 Å². The van der Waals surface area contributed by atoms with Crippen LogP contribution in [0.3, 0.4) is 0 Å². The van der Waals surface area contributed by atoms with Gasteiger partial charge in [-0.15, -0.1) is 0 Å². The average molecular weight is 368 g/mol. The van der Waals surface area contributed by atoms with E-state index >= 15 is 0 Å². The van der Waals surface area contributed by atoms with Gasteiger partial charge in [0.15, 0.2) is 0 Å². The van der Waals surface area contributed by atoms with Crippen LogP contribution in [-0.4, -0.2) is 30.0 Å². The molecule has 2 N–H and O–H groups in total. The predicted molar refractivity (Wildman–Crippen MR) is 102 cm³/mol.